The molecule has 2 amide bonds. The summed E-state index contributed by atoms with van der Waals surface area (Å²) in [6.45, 7) is 8.35. The largest absolute Gasteiger partial charge is 0.481 e. The van der Waals surface area contributed by atoms with Gasteiger partial charge < -0.3 is 14.9 Å². The molecule has 0 aromatic rings. The Morgan fingerprint density at radius 2 is 2.05 bits per heavy atom. The van der Waals surface area contributed by atoms with Crippen LogP contribution in [0.2, 0.25) is 0 Å². The predicted octanol–water partition coefficient (Wildman–Crippen LogP) is 2.19. The van der Waals surface area contributed by atoms with Gasteiger partial charge in [-0.15, -0.1) is 6.58 Å². The van der Waals surface area contributed by atoms with Crippen molar-refractivity contribution in [2.24, 2.45) is 5.92 Å². The maximum atomic E-state index is 12.2. The number of carbonyl (C=O) groups excluding carboxylic acids is 1. The molecule has 1 N–H and O–H groups in total. The van der Waals surface area contributed by atoms with E-state index >= 15 is 0 Å². The second-order valence-electron chi connectivity index (χ2n) is 4.97. The zero-order chi connectivity index (χ0) is 14.3. The van der Waals surface area contributed by atoms with Crippen LogP contribution in [-0.4, -0.2) is 53.1 Å². The zero-order valence-electron chi connectivity index (χ0n) is 11.7. The van der Waals surface area contributed by atoms with Crippen molar-refractivity contribution in [3.63, 3.8) is 0 Å². The van der Waals surface area contributed by atoms with Crippen molar-refractivity contribution in [3.05, 3.63) is 12.7 Å². The fraction of sp³-hybridized carbons (Fsp3) is 0.714. The Morgan fingerprint density at radius 1 is 1.42 bits per heavy atom. The lowest BCUT2D eigenvalue weighted by molar-refractivity contribution is -0.137. The summed E-state index contributed by atoms with van der Waals surface area (Å²) in [5.74, 6) is -0.295. The molecule has 1 saturated heterocycles. The first-order valence-electron chi connectivity index (χ1n) is 6.95. The Hall–Kier alpha value is -1.52. The molecule has 1 aliphatic rings. The molecule has 0 unspecified atom stereocenters. The number of rotatable bonds is 6. The van der Waals surface area contributed by atoms with Gasteiger partial charge in [0.25, 0.3) is 0 Å². The number of likely N-dealkylation sites (N-methyl/N-ethyl adjacent to an activating group) is 1. The molecule has 108 valence electrons. The summed E-state index contributed by atoms with van der Waals surface area (Å²) in [5, 5.41) is 8.67. The highest BCUT2D eigenvalue weighted by Crippen LogP contribution is 2.22. The molecule has 19 heavy (non-hydrogen) atoms. The number of amides is 2. The van der Waals surface area contributed by atoms with E-state index in [1.165, 1.54) is 0 Å². The van der Waals surface area contributed by atoms with Crippen molar-refractivity contribution in [3.8, 4) is 0 Å². The minimum Gasteiger partial charge on any atom is -0.481 e. The van der Waals surface area contributed by atoms with E-state index in [0.717, 1.165) is 32.4 Å². The smallest absolute Gasteiger partial charge is 0.320 e. The molecule has 5 heteroatoms. The van der Waals surface area contributed by atoms with Crippen LogP contribution in [0, 0.1) is 5.92 Å². The Labute approximate surface area is 114 Å². The van der Waals surface area contributed by atoms with Crippen LogP contribution in [0.3, 0.4) is 0 Å². The highest BCUT2D eigenvalue weighted by atomic mass is 16.4. The molecule has 5 nitrogen and oxygen atoms in total. The maximum Gasteiger partial charge on any atom is 0.320 e. The van der Waals surface area contributed by atoms with Crippen LogP contribution in [0.25, 0.3) is 0 Å². The SMILES string of the molecule is C=CCN(CC)C(=O)N1CCC(CCC(=O)O)CC1. The topological polar surface area (TPSA) is 60.9 Å². The number of urea groups is 1. The first kappa shape index (κ1) is 15.5. The van der Waals surface area contributed by atoms with Gasteiger partial charge in [0.05, 0.1) is 0 Å². The molecule has 0 saturated carbocycles. The second-order valence-corrected chi connectivity index (χ2v) is 4.97. The van der Waals surface area contributed by atoms with E-state index in [4.69, 9.17) is 5.11 Å². The van der Waals surface area contributed by atoms with Gasteiger partial charge in [0.2, 0.25) is 0 Å². The first-order valence-corrected chi connectivity index (χ1v) is 6.95. The number of hydrogen-bond donors (Lipinski definition) is 1. The highest BCUT2D eigenvalue weighted by Gasteiger charge is 2.25. The Kier molecular flexibility index (Phi) is 6.39. The van der Waals surface area contributed by atoms with Crippen molar-refractivity contribution in [2.75, 3.05) is 26.2 Å². The van der Waals surface area contributed by atoms with E-state index in [0.29, 0.717) is 19.0 Å². The number of carboxylic acids is 1. The van der Waals surface area contributed by atoms with Gasteiger partial charge in [-0.05, 0) is 32.1 Å². The van der Waals surface area contributed by atoms with E-state index in [2.05, 4.69) is 6.58 Å². The lowest BCUT2D eigenvalue weighted by Crippen LogP contribution is -2.46. The molecule has 0 aliphatic carbocycles. The quantitative estimate of drug-likeness (QED) is 0.751. The molecule has 1 fully saturated rings. The van der Waals surface area contributed by atoms with Crippen LogP contribution in [0.4, 0.5) is 4.79 Å². The normalized spacial score (nSPS) is 16.2. The zero-order valence-corrected chi connectivity index (χ0v) is 11.7. The molecule has 0 aromatic heterocycles. The lowest BCUT2D eigenvalue weighted by atomic mass is 9.92. The van der Waals surface area contributed by atoms with Crippen LogP contribution >= 0.6 is 0 Å². The molecule has 0 atom stereocenters. The van der Waals surface area contributed by atoms with Crippen LogP contribution in [0.5, 0.6) is 0 Å². The molecular formula is C14H24N2O3. The highest BCUT2D eigenvalue weighted by molar-refractivity contribution is 5.74. The summed E-state index contributed by atoms with van der Waals surface area (Å²) in [6.07, 6.45) is 4.51. The monoisotopic (exact) mass is 268 g/mol. The summed E-state index contributed by atoms with van der Waals surface area (Å²) in [6, 6.07) is 0.0686. The summed E-state index contributed by atoms with van der Waals surface area (Å²) in [7, 11) is 0. The maximum absolute atomic E-state index is 12.2. The van der Waals surface area contributed by atoms with E-state index in [1.54, 1.807) is 11.0 Å². The van der Waals surface area contributed by atoms with Gasteiger partial charge in [-0.25, -0.2) is 4.79 Å². The van der Waals surface area contributed by atoms with Gasteiger partial charge in [0.15, 0.2) is 0 Å². The van der Waals surface area contributed by atoms with Crippen molar-refractivity contribution in [1.82, 2.24) is 9.80 Å². The number of piperidine rings is 1. The van der Waals surface area contributed by atoms with Crippen LogP contribution in [-0.2, 0) is 4.79 Å². The third-order valence-corrected chi connectivity index (χ3v) is 3.65. The van der Waals surface area contributed by atoms with Gasteiger partial charge in [-0.1, -0.05) is 6.08 Å². The summed E-state index contributed by atoms with van der Waals surface area (Å²) < 4.78 is 0. The minimum absolute atomic E-state index is 0.0686. The Balaban J connectivity index is 2.38. The second kappa shape index (κ2) is 7.81. The van der Waals surface area contributed by atoms with Crippen LogP contribution in [0.1, 0.15) is 32.6 Å². The van der Waals surface area contributed by atoms with Crippen molar-refractivity contribution in [1.29, 1.82) is 0 Å². The van der Waals surface area contributed by atoms with E-state index in [9.17, 15) is 9.59 Å². The number of carbonyl (C=O) groups is 2. The number of likely N-dealkylation sites (tertiary alicyclic amines) is 1. The van der Waals surface area contributed by atoms with Gasteiger partial charge in [-0.2, -0.15) is 0 Å². The van der Waals surface area contributed by atoms with Gasteiger partial charge >= 0.3 is 12.0 Å². The molecule has 0 bridgehead atoms. The Bertz CT molecular complexity index is 323. The summed E-state index contributed by atoms with van der Waals surface area (Å²) in [5.41, 5.74) is 0. The number of nitrogens with zero attached hydrogens (tertiary/aromatic N) is 2. The average molecular weight is 268 g/mol. The van der Waals surface area contributed by atoms with Crippen molar-refractivity contribution >= 4 is 12.0 Å². The van der Waals surface area contributed by atoms with Gasteiger partial charge in [-0.3, -0.25) is 4.79 Å². The van der Waals surface area contributed by atoms with E-state index in [1.807, 2.05) is 11.8 Å². The fourth-order valence-corrected chi connectivity index (χ4v) is 2.44. The van der Waals surface area contributed by atoms with E-state index in [-0.39, 0.29) is 12.5 Å². The molecular weight excluding hydrogens is 244 g/mol. The van der Waals surface area contributed by atoms with Gasteiger partial charge in [0.1, 0.15) is 0 Å². The molecule has 0 radical (unpaired) electrons. The lowest BCUT2D eigenvalue weighted by Gasteiger charge is -2.35. The molecule has 0 spiro atoms. The number of hydrogen-bond acceptors (Lipinski definition) is 2. The third kappa shape index (κ3) is 4.93. The van der Waals surface area contributed by atoms with Gasteiger partial charge in [0, 0.05) is 32.6 Å². The molecule has 1 rings (SSSR count). The summed E-state index contributed by atoms with van der Waals surface area (Å²) in [4.78, 5) is 26.4. The fourth-order valence-electron chi connectivity index (χ4n) is 2.44. The third-order valence-electron chi connectivity index (χ3n) is 3.65. The van der Waals surface area contributed by atoms with Crippen LogP contribution < -0.4 is 0 Å². The molecule has 1 heterocycles. The number of carboxylic acid groups (broad SMARTS) is 1. The first-order chi connectivity index (χ1) is 9.08. The standard InChI is InChI=1S/C14H24N2O3/c1-3-9-15(4-2)14(19)16-10-7-12(8-11-16)5-6-13(17)18/h3,12H,1,4-11H2,2H3,(H,17,18). The Morgan fingerprint density at radius 3 is 2.53 bits per heavy atom. The predicted molar refractivity (Wildman–Crippen MR) is 74.0 cm³/mol. The summed E-state index contributed by atoms with van der Waals surface area (Å²) >= 11 is 0. The van der Waals surface area contributed by atoms with E-state index < -0.39 is 5.97 Å². The van der Waals surface area contributed by atoms with Crippen molar-refractivity contribution < 1.29 is 14.7 Å². The number of aliphatic carboxylic acids is 1. The average Bonchev–Trinajstić information content (AvgIpc) is 2.42. The van der Waals surface area contributed by atoms with Crippen LogP contribution in [0.15, 0.2) is 12.7 Å². The minimum atomic E-state index is -0.735. The van der Waals surface area contributed by atoms with Crippen molar-refractivity contribution in [2.45, 2.75) is 32.6 Å². The molecule has 0 aromatic carbocycles. The molecule has 1 aliphatic heterocycles.